The first kappa shape index (κ1) is 14.8. The molecular weight excluding hydrogens is 302 g/mol. The van der Waals surface area contributed by atoms with Crippen LogP contribution in [0.5, 0.6) is 0 Å². The SMILES string of the molecule is CCNCc1cc(Br)cnc1N1CCCC(C)CC1. The van der Waals surface area contributed by atoms with E-state index in [4.69, 9.17) is 0 Å². The molecule has 1 fully saturated rings. The predicted molar refractivity (Wildman–Crippen MR) is 84.5 cm³/mol. The van der Waals surface area contributed by atoms with Gasteiger partial charge < -0.3 is 10.2 Å². The molecule has 1 saturated heterocycles. The van der Waals surface area contributed by atoms with Gasteiger partial charge in [-0.05, 0) is 53.7 Å². The molecule has 1 aliphatic heterocycles. The number of aromatic nitrogens is 1. The van der Waals surface area contributed by atoms with E-state index >= 15 is 0 Å². The molecule has 0 saturated carbocycles. The third kappa shape index (κ3) is 4.18. The average Bonchev–Trinajstić information content (AvgIpc) is 2.61. The Bertz CT molecular complexity index is 408. The van der Waals surface area contributed by atoms with E-state index < -0.39 is 0 Å². The molecule has 2 rings (SSSR count). The molecule has 0 bridgehead atoms. The Labute approximate surface area is 124 Å². The van der Waals surface area contributed by atoms with Gasteiger partial charge in [0.05, 0.1) is 0 Å². The van der Waals surface area contributed by atoms with Gasteiger partial charge in [0, 0.05) is 35.9 Å². The van der Waals surface area contributed by atoms with Gasteiger partial charge in [0.15, 0.2) is 0 Å². The van der Waals surface area contributed by atoms with Crippen LogP contribution >= 0.6 is 15.9 Å². The van der Waals surface area contributed by atoms with Crippen molar-refractivity contribution in [3.05, 3.63) is 22.3 Å². The molecule has 1 aromatic rings. The van der Waals surface area contributed by atoms with E-state index in [0.29, 0.717) is 0 Å². The Kier molecular flexibility index (Phi) is 5.64. The highest BCUT2D eigenvalue weighted by molar-refractivity contribution is 9.10. The molecule has 2 heterocycles. The summed E-state index contributed by atoms with van der Waals surface area (Å²) in [5.74, 6) is 2.01. The van der Waals surface area contributed by atoms with Crippen molar-refractivity contribution in [2.75, 3.05) is 24.5 Å². The van der Waals surface area contributed by atoms with Crippen LogP contribution in [-0.4, -0.2) is 24.6 Å². The van der Waals surface area contributed by atoms with E-state index in [0.717, 1.165) is 36.6 Å². The van der Waals surface area contributed by atoms with Crippen molar-refractivity contribution in [3.8, 4) is 0 Å². The van der Waals surface area contributed by atoms with E-state index in [1.807, 2.05) is 6.20 Å². The first-order valence-electron chi connectivity index (χ1n) is 7.30. The predicted octanol–water partition coefficient (Wildman–Crippen LogP) is 3.58. The van der Waals surface area contributed by atoms with E-state index in [2.05, 4.69) is 51.0 Å². The maximum atomic E-state index is 4.66. The highest BCUT2D eigenvalue weighted by Gasteiger charge is 2.17. The number of nitrogens with one attached hydrogen (secondary N) is 1. The largest absolute Gasteiger partial charge is 0.356 e. The topological polar surface area (TPSA) is 28.2 Å². The lowest BCUT2D eigenvalue weighted by Gasteiger charge is -2.24. The summed E-state index contributed by atoms with van der Waals surface area (Å²) in [6.07, 6.45) is 5.81. The number of nitrogens with zero attached hydrogens (tertiary/aromatic N) is 2. The van der Waals surface area contributed by atoms with E-state index in [9.17, 15) is 0 Å². The van der Waals surface area contributed by atoms with Crippen molar-refractivity contribution in [1.82, 2.24) is 10.3 Å². The maximum absolute atomic E-state index is 4.66. The molecule has 0 spiro atoms. The molecule has 0 amide bonds. The molecule has 3 nitrogen and oxygen atoms in total. The van der Waals surface area contributed by atoms with E-state index in [1.54, 1.807) is 0 Å². The van der Waals surface area contributed by atoms with Crippen LogP contribution < -0.4 is 10.2 Å². The standard InChI is InChI=1S/C15H24BrN3/c1-3-17-10-13-9-14(16)11-18-15(13)19-7-4-5-12(2)6-8-19/h9,11-12,17H,3-8,10H2,1-2H3. The Morgan fingerprint density at radius 1 is 1.42 bits per heavy atom. The fourth-order valence-electron chi connectivity index (χ4n) is 2.62. The number of rotatable bonds is 4. The Hall–Kier alpha value is -0.610. The normalized spacial score (nSPS) is 20.4. The van der Waals surface area contributed by atoms with E-state index in [1.165, 1.54) is 30.6 Å². The van der Waals surface area contributed by atoms with Gasteiger partial charge in [-0.2, -0.15) is 0 Å². The summed E-state index contributed by atoms with van der Waals surface area (Å²) >= 11 is 3.53. The van der Waals surface area contributed by atoms with Crippen molar-refractivity contribution in [2.45, 2.75) is 39.7 Å². The summed E-state index contributed by atoms with van der Waals surface area (Å²) in [6, 6.07) is 2.19. The fourth-order valence-corrected chi connectivity index (χ4v) is 3.00. The monoisotopic (exact) mass is 325 g/mol. The zero-order valence-electron chi connectivity index (χ0n) is 12.0. The second-order valence-corrected chi connectivity index (χ2v) is 6.36. The van der Waals surface area contributed by atoms with Gasteiger partial charge in [-0.25, -0.2) is 4.98 Å². The summed E-state index contributed by atoms with van der Waals surface area (Å²) < 4.78 is 1.06. The van der Waals surface area contributed by atoms with Crippen molar-refractivity contribution in [2.24, 2.45) is 5.92 Å². The molecule has 1 atom stereocenters. The molecule has 0 aromatic carbocycles. The lowest BCUT2D eigenvalue weighted by atomic mass is 10.0. The van der Waals surface area contributed by atoms with Crippen LogP contribution in [-0.2, 0) is 6.54 Å². The molecule has 1 unspecified atom stereocenters. The fraction of sp³-hybridized carbons (Fsp3) is 0.667. The van der Waals surface area contributed by atoms with Crippen LogP contribution in [0.1, 0.15) is 38.7 Å². The number of pyridine rings is 1. The van der Waals surface area contributed by atoms with Crippen LogP contribution in [0, 0.1) is 5.92 Å². The zero-order valence-corrected chi connectivity index (χ0v) is 13.5. The van der Waals surface area contributed by atoms with Gasteiger partial charge in [0.1, 0.15) is 5.82 Å². The minimum atomic E-state index is 0.845. The summed E-state index contributed by atoms with van der Waals surface area (Å²) in [5.41, 5.74) is 1.30. The first-order chi connectivity index (χ1) is 9.20. The van der Waals surface area contributed by atoms with E-state index in [-0.39, 0.29) is 0 Å². The first-order valence-corrected chi connectivity index (χ1v) is 8.10. The number of hydrogen-bond donors (Lipinski definition) is 1. The molecule has 1 aromatic heterocycles. The van der Waals surface area contributed by atoms with Gasteiger partial charge in [-0.1, -0.05) is 13.8 Å². The van der Waals surface area contributed by atoms with Crippen molar-refractivity contribution in [3.63, 3.8) is 0 Å². The lowest BCUT2D eigenvalue weighted by molar-refractivity contribution is 0.521. The van der Waals surface area contributed by atoms with Crippen molar-refractivity contribution in [1.29, 1.82) is 0 Å². The maximum Gasteiger partial charge on any atom is 0.133 e. The van der Waals surface area contributed by atoms with Gasteiger partial charge >= 0.3 is 0 Å². The molecule has 106 valence electrons. The summed E-state index contributed by atoms with van der Waals surface area (Å²) in [5, 5.41) is 3.41. The van der Waals surface area contributed by atoms with Gasteiger partial charge in [0.25, 0.3) is 0 Å². The van der Waals surface area contributed by atoms with Crippen LogP contribution in [0.4, 0.5) is 5.82 Å². The highest BCUT2D eigenvalue weighted by Crippen LogP contribution is 2.25. The Balaban J connectivity index is 2.17. The van der Waals surface area contributed by atoms with Crippen LogP contribution in [0.15, 0.2) is 16.7 Å². The van der Waals surface area contributed by atoms with Crippen molar-refractivity contribution >= 4 is 21.7 Å². The molecule has 1 N–H and O–H groups in total. The minimum absolute atomic E-state index is 0.845. The lowest BCUT2D eigenvalue weighted by Crippen LogP contribution is -2.27. The molecular formula is C15H24BrN3. The summed E-state index contributed by atoms with van der Waals surface area (Å²) in [6.45, 7) is 8.65. The zero-order chi connectivity index (χ0) is 13.7. The molecule has 0 aliphatic carbocycles. The Morgan fingerprint density at radius 3 is 3.05 bits per heavy atom. The quantitative estimate of drug-likeness (QED) is 0.917. The molecule has 4 heteroatoms. The van der Waals surface area contributed by atoms with Crippen LogP contribution in [0.3, 0.4) is 0 Å². The highest BCUT2D eigenvalue weighted by atomic mass is 79.9. The third-order valence-electron chi connectivity index (χ3n) is 3.79. The minimum Gasteiger partial charge on any atom is -0.356 e. The average molecular weight is 326 g/mol. The molecule has 0 radical (unpaired) electrons. The van der Waals surface area contributed by atoms with Crippen LogP contribution in [0.2, 0.25) is 0 Å². The molecule has 19 heavy (non-hydrogen) atoms. The third-order valence-corrected chi connectivity index (χ3v) is 4.22. The summed E-state index contributed by atoms with van der Waals surface area (Å²) in [4.78, 5) is 7.12. The number of hydrogen-bond acceptors (Lipinski definition) is 3. The number of halogens is 1. The second-order valence-electron chi connectivity index (χ2n) is 5.44. The molecule has 1 aliphatic rings. The van der Waals surface area contributed by atoms with Gasteiger partial charge in [-0.3, -0.25) is 0 Å². The smallest absolute Gasteiger partial charge is 0.133 e. The van der Waals surface area contributed by atoms with Gasteiger partial charge in [0.2, 0.25) is 0 Å². The van der Waals surface area contributed by atoms with Crippen LogP contribution in [0.25, 0.3) is 0 Å². The number of anilines is 1. The van der Waals surface area contributed by atoms with Gasteiger partial charge in [-0.15, -0.1) is 0 Å². The Morgan fingerprint density at radius 2 is 2.26 bits per heavy atom. The van der Waals surface area contributed by atoms with Crippen molar-refractivity contribution < 1.29 is 0 Å². The summed E-state index contributed by atoms with van der Waals surface area (Å²) in [7, 11) is 0. The second kappa shape index (κ2) is 7.25.